The minimum absolute atomic E-state index is 0.0578. The van der Waals surface area contributed by atoms with Crippen LogP contribution in [0.3, 0.4) is 0 Å². The summed E-state index contributed by atoms with van der Waals surface area (Å²) in [5.74, 6) is 0.706. The maximum Gasteiger partial charge on any atom is 0.319 e. The molecule has 1 heterocycles. The predicted octanol–water partition coefficient (Wildman–Crippen LogP) is 2.63. The van der Waals surface area contributed by atoms with E-state index in [0.29, 0.717) is 17.2 Å². The molecule has 0 aliphatic carbocycles. The van der Waals surface area contributed by atoms with Crippen LogP contribution in [-0.2, 0) is 0 Å². The lowest BCUT2D eigenvalue weighted by Gasteiger charge is -2.35. The van der Waals surface area contributed by atoms with E-state index in [-0.39, 0.29) is 18.0 Å². The zero-order chi connectivity index (χ0) is 18.4. The van der Waals surface area contributed by atoms with Crippen LogP contribution >= 0.6 is 0 Å². The third-order valence-corrected chi connectivity index (χ3v) is 4.09. The number of carbonyl (C=O) groups excluding carboxylic acids is 2. The first-order chi connectivity index (χ1) is 11.8. The van der Waals surface area contributed by atoms with Crippen LogP contribution < -0.4 is 10.6 Å². The molecule has 0 bridgehead atoms. The maximum atomic E-state index is 12.6. The van der Waals surface area contributed by atoms with Crippen LogP contribution in [0.25, 0.3) is 0 Å². The molecule has 1 aliphatic heterocycles. The minimum atomic E-state index is -0.240. The number of benzene rings is 1. The van der Waals surface area contributed by atoms with Gasteiger partial charge in [-0.2, -0.15) is 0 Å². The zero-order valence-electron chi connectivity index (χ0n) is 15.7. The van der Waals surface area contributed by atoms with E-state index in [4.69, 9.17) is 0 Å². The Morgan fingerprint density at radius 2 is 1.60 bits per heavy atom. The van der Waals surface area contributed by atoms with Crippen molar-refractivity contribution in [1.29, 1.82) is 0 Å². The summed E-state index contributed by atoms with van der Waals surface area (Å²) >= 11 is 0. The number of rotatable bonds is 5. The van der Waals surface area contributed by atoms with Gasteiger partial charge in [0.2, 0.25) is 0 Å². The molecular formula is C19H30N4O2. The molecule has 0 atom stereocenters. The van der Waals surface area contributed by atoms with Gasteiger partial charge in [0, 0.05) is 50.0 Å². The van der Waals surface area contributed by atoms with Gasteiger partial charge in [-0.3, -0.25) is 9.69 Å². The molecule has 1 aromatic rings. The van der Waals surface area contributed by atoms with Crippen LogP contribution in [-0.4, -0.2) is 60.5 Å². The van der Waals surface area contributed by atoms with Crippen molar-refractivity contribution in [2.75, 3.05) is 38.0 Å². The Kier molecular flexibility index (Phi) is 6.82. The molecule has 0 radical (unpaired) electrons. The summed E-state index contributed by atoms with van der Waals surface area (Å²) in [6.07, 6.45) is 0. The molecule has 2 rings (SSSR count). The fourth-order valence-corrected chi connectivity index (χ4v) is 2.96. The Bertz CT molecular complexity index is 576. The number of urea groups is 1. The highest BCUT2D eigenvalue weighted by atomic mass is 16.2. The number of carbonyl (C=O) groups is 2. The van der Waals surface area contributed by atoms with Crippen LogP contribution in [0.1, 0.15) is 38.1 Å². The van der Waals surface area contributed by atoms with Crippen molar-refractivity contribution < 1.29 is 9.59 Å². The molecule has 2 N–H and O–H groups in total. The second-order valence-electron chi connectivity index (χ2n) is 7.32. The molecule has 0 saturated carbocycles. The van der Waals surface area contributed by atoms with Crippen molar-refractivity contribution in [3.63, 3.8) is 0 Å². The molecule has 1 aliphatic rings. The van der Waals surface area contributed by atoms with E-state index >= 15 is 0 Å². The number of hydrogen-bond donors (Lipinski definition) is 2. The predicted molar refractivity (Wildman–Crippen MR) is 101 cm³/mol. The second kappa shape index (κ2) is 8.85. The number of piperazine rings is 1. The molecule has 0 spiro atoms. The monoisotopic (exact) mass is 346 g/mol. The van der Waals surface area contributed by atoms with Gasteiger partial charge >= 0.3 is 6.03 Å². The third-order valence-electron chi connectivity index (χ3n) is 4.09. The Morgan fingerprint density at radius 1 is 1.00 bits per heavy atom. The number of nitrogens with zero attached hydrogens (tertiary/aromatic N) is 2. The van der Waals surface area contributed by atoms with Crippen LogP contribution in [0, 0.1) is 5.92 Å². The fourth-order valence-electron chi connectivity index (χ4n) is 2.96. The first-order valence-electron chi connectivity index (χ1n) is 9.04. The SMILES string of the molecule is CC(C)CN1CCN(C(=O)c2ccc(NC(=O)NC(C)C)cc2)CC1. The van der Waals surface area contributed by atoms with Crippen LogP contribution in [0.15, 0.2) is 24.3 Å². The van der Waals surface area contributed by atoms with Gasteiger partial charge < -0.3 is 15.5 Å². The minimum Gasteiger partial charge on any atom is -0.336 e. The molecule has 3 amide bonds. The molecule has 138 valence electrons. The summed E-state index contributed by atoms with van der Waals surface area (Å²) < 4.78 is 0. The van der Waals surface area contributed by atoms with E-state index < -0.39 is 0 Å². The molecule has 6 nitrogen and oxygen atoms in total. The van der Waals surface area contributed by atoms with E-state index in [1.165, 1.54) is 0 Å². The van der Waals surface area contributed by atoms with Crippen LogP contribution in [0.2, 0.25) is 0 Å². The first-order valence-corrected chi connectivity index (χ1v) is 9.04. The smallest absolute Gasteiger partial charge is 0.319 e. The lowest BCUT2D eigenvalue weighted by atomic mass is 10.1. The van der Waals surface area contributed by atoms with E-state index in [2.05, 4.69) is 29.4 Å². The van der Waals surface area contributed by atoms with Gasteiger partial charge in [0.15, 0.2) is 0 Å². The molecule has 25 heavy (non-hydrogen) atoms. The van der Waals surface area contributed by atoms with Gasteiger partial charge in [0.1, 0.15) is 0 Å². The van der Waals surface area contributed by atoms with Crippen molar-refractivity contribution in [2.24, 2.45) is 5.92 Å². The highest BCUT2D eigenvalue weighted by molar-refractivity contribution is 5.95. The first kappa shape index (κ1) is 19.2. The van der Waals surface area contributed by atoms with E-state index in [0.717, 1.165) is 32.7 Å². The largest absolute Gasteiger partial charge is 0.336 e. The van der Waals surface area contributed by atoms with Crippen molar-refractivity contribution in [3.8, 4) is 0 Å². The molecule has 6 heteroatoms. The molecule has 1 saturated heterocycles. The molecular weight excluding hydrogens is 316 g/mol. The maximum absolute atomic E-state index is 12.6. The number of nitrogens with one attached hydrogen (secondary N) is 2. The quantitative estimate of drug-likeness (QED) is 0.861. The number of hydrogen-bond acceptors (Lipinski definition) is 3. The summed E-state index contributed by atoms with van der Waals surface area (Å²) in [7, 11) is 0. The zero-order valence-corrected chi connectivity index (χ0v) is 15.7. The number of amides is 3. The van der Waals surface area contributed by atoms with Crippen LogP contribution in [0.5, 0.6) is 0 Å². The highest BCUT2D eigenvalue weighted by Gasteiger charge is 2.22. The lowest BCUT2D eigenvalue weighted by Crippen LogP contribution is -2.49. The van der Waals surface area contributed by atoms with Crippen molar-refractivity contribution >= 4 is 17.6 Å². The standard InChI is InChI=1S/C19H30N4O2/c1-14(2)13-22-9-11-23(12-10-22)18(24)16-5-7-17(8-6-16)21-19(25)20-15(3)4/h5-8,14-15H,9-13H2,1-4H3,(H2,20,21,25). The van der Waals surface area contributed by atoms with E-state index in [1.807, 2.05) is 18.7 Å². The average Bonchev–Trinajstić information content (AvgIpc) is 2.54. The second-order valence-corrected chi connectivity index (χ2v) is 7.32. The van der Waals surface area contributed by atoms with Gasteiger partial charge in [-0.05, 0) is 44.0 Å². The van der Waals surface area contributed by atoms with Crippen molar-refractivity contribution in [2.45, 2.75) is 33.7 Å². The Hall–Kier alpha value is -2.08. The summed E-state index contributed by atoms with van der Waals surface area (Å²) in [6.45, 7) is 12.7. The Morgan fingerprint density at radius 3 is 2.12 bits per heavy atom. The van der Waals surface area contributed by atoms with Gasteiger partial charge in [-0.15, -0.1) is 0 Å². The highest BCUT2D eigenvalue weighted by Crippen LogP contribution is 2.14. The normalized spacial score (nSPS) is 15.5. The van der Waals surface area contributed by atoms with Gasteiger partial charge in [0.05, 0.1) is 0 Å². The third kappa shape index (κ3) is 6.05. The Labute approximate surface area is 150 Å². The average molecular weight is 346 g/mol. The number of anilines is 1. The van der Waals surface area contributed by atoms with Crippen molar-refractivity contribution in [3.05, 3.63) is 29.8 Å². The molecule has 1 fully saturated rings. The van der Waals surface area contributed by atoms with Crippen LogP contribution in [0.4, 0.5) is 10.5 Å². The topological polar surface area (TPSA) is 64.7 Å². The van der Waals surface area contributed by atoms with Gasteiger partial charge in [-0.25, -0.2) is 4.79 Å². The summed E-state index contributed by atoms with van der Waals surface area (Å²) in [4.78, 5) is 28.6. The fraction of sp³-hybridized carbons (Fsp3) is 0.579. The summed E-state index contributed by atoms with van der Waals surface area (Å²) in [6, 6.07) is 6.91. The molecule has 0 unspecified atom stereocenters. The van der Waals surface area contributed by atoms with Gasteiger partial charge in [-0.1, -0.05) is 13.8 Å². The van der Waals surface area contributed by atoms with Gasteiger partial charge in [0.25, 0.3) is 5.91 Å². The Balaban J connectivity index is 1.87. The summed E-state index contributed by atoms with van der Waals surface area (Å²) in [5, 5.41) is 5.53. The van der Waals surface area contributed by atoms with E-state index in [1.54, 1.807) is 24.3 Å². The molecule has 0 aromatic heterocycles. The molecule has 1 aromatic carbocycles. The lowest BCUT2D eigenvalue weighted by molar-refractivity contribution is 0.0624. The summed E-state index contributed by atoms with van der Waals surface area (Å²) in [5.41, 5.74) is 1.34. The van der Waals surface area contributed by atoms with Crippen molar-refractivity contribution in [1.82, 2.24) is 15.1 Å². The van der Waals surface area contributed by atoms with E-state index in [9.17, 15) is 9.59 Å².